The summed E-state index contributed by atoms with van der Waals surface area (Å²) in [6, 6.07) is 6.52. The first kappa shape index (κ1) is 13.5. The van der Waals surface area contributed by atoms with Gasteiger partial charge in [-0.3, -0.25) is 14.9 Å². The number of nitrogens with zero attached hydrogens (tertiary/aromatic N) is 1. The maximum Gasteiger partial charge on any atom is 0.274 e. The van der Waals surface area contributed by atoms with Crippen LogP contribution >= 0.6 is 0 Å². The third-order valence-electron chi connectivity index (χ3n) is 3.49. The van der Waals surface area contributed by atoms with E-state index in [0.29, 0.717) is 12.0 Å². The highest BCUT2D eigenvalue weighted by atomic mass is 16.6. The highest BCUT2D eigenvalue weighted by Gasteiger charge is 2.27. The van der Waals surface area contributed by atoms with Crippen LogP contribution in [0.15, 0.2) is 24.3 Å². The van der Waals surface area contributed by atoms with Crippen molar-refractivity contribution < 1.29 is 9.72 Å². The van der Waals surface area contributed by atoms with Crippen molar-refractivity contribution in [2.75, 3.05) is 0 Å². The number of nitro groups is 1. The van der Waals surface area contributed by atoms with Gasteiger partial charge in [-0.25, -0.2) is 0 Å². The Balaban J connectivity index is 1.95. The molecule has 0 saturated heterocycles. The molecule has 1 aromatic rings. The van der Waals surface area contributed by atoms with E-state index in [2.05, 4.69) is 5.32 Å². The predicted octanol–water partition coefficient (Wildman–Crippen LogP) is 1.34. The van der Waals surface area contributed by atoms with Crippen LogP contribution in [-0.4, -0.2) is 16.9 Å². The number of benzene rings is 1. The van der Waals surface area contributed by atoms with Crippen LogP contribution in [0.5, 0.6) is 0 Å². The van der Waals surface area contributed by atoms with E-state index in [1.54, 1.807) is 18.2 Å². The van der Waals surface area contributed by atoms with Gasteiger partial charge < -0.3 is 11.1 Å². The third kappa shape index (κ3) is 3.29. The minimum Gasteiger partial charge on any atom is -0.352 e. The largest absolute Gasteiger partial charge is 0.352 e. The number of carbonyl (C=O) groups is 1. The quantitative estimate of drug-likeness (QED) is 0.632. The van der Waals surface area contributed by atoms with Crippen molar-refractivity contribution in [3.05, 3.63) is 39.9 Å². The van der Waals surface area contributed by atoms with E-state index in [1.807, 2.05) is 0 Å². The molecule has 1 aromatic carbocycles. The fourth-order valence-corrected chi connectivity index (χ4v) is 2.42. The molecule has 2 atom stereocenters. The molecule has 6 heteroatoms. The number of nitrogens with one attached hydrogen (secondary N) is 1. The molecule has 1 aliphatic rings. The average molecular weight is 263 g/mol. The first-order valence-electron chi connectivity index (χ1n) is 6.33. The van der Waals surface area contributed by atoms with Crippen molar-refractivity contribution in [2.24, 2.45) is 11.7 Å². The summed E-state index contributed by atoms with van der Waals surface area (Å²) in [6.07, 6.45) is 2.36. The van der Waals surface area contributed by atoms with E-state index in [9.17, 15) is 14.9 Å². The highest BCUT2D eigenvalue weighted by Crippen LogP contribution is 2.24. The molecule has 1 amide bonds. The van der Waals surface area contributed by atoms with Crippen LogP contribution in [0.3, 0.4) is 0 Å². The molecule has 102 valence electrons. The number of nitro benzene ring substituents is 1. The molecule has 6 nitrogen and oxygen atoms in total. The summed E-state index contributed by atoms with van der Waals surface area (Å²) in [6.45, 7) is 0.182. The van der Waals surface area contributed by atoms with Crippen LogP contribution in [0.1, 0.15) is 24.8 Å². The molecule has 1 aliphatic carbocycles. The van der Waals surface area contributed by atoms with Crippen molar-refractivity contribution in [1.82, 2.24) is 5.32 Å². The lowest BCUT2D eigenvalue weighted by Crippen LogP contribution is -2.30. The number of carbonyl (C=O) groups excluding carboxylic acids is 1. The Kier molecular flexibility index (Phi) is 4.11. The van der Waals surface area contributed by atoms with Crippen molar-refractivity contribution in [1.29, 1.82) is 0 Å². The zero-order chi connectivity index (χ0) is 13.8. The number of hydrogen-bond acceptors (Lipinski definition) is 4. The minimum atomic E-state index is -0.438. The second-order valence-corrected chi connectivity index (χ2v) is 4.87. The van der Waals surface area contributed by atoms with E-state index in [-0.39, 0.29) is 30.1 Å². The van der Waals surface area contributed by atoms with Crippen LogP contribution in [-0.2, 0) is 11.3 Å². The lowest BCUT2D eigenvalue weighted by atomic mass is 10.1. The van der Waals surface area contributed by atoms with Gasteiger partial charge in [-0.1, -0.05) is 18.2 Å². The van der Waals surface area contributed by atoms with Gasteiger partial charge in [0.15, 0.2) is 0 Å². The Hall–Kier alpha value is -1.95. The van der Waals surface area contributed by atoms with Crippen molar-refractivity contribution in [3.63, 3.8) is 0 Å². The van der Waals surface area contributed by atoms with Crippen LogP contribution in [0.4, 0.5) is 5.69 Å². The summed E-state index contributed by atoms with van der Waals surface area (Å²) in [4.78, 5) is 22.3. The van der Waals surface area contributed by atoms with E-state index in [4.69, 9.17) is 5.73 Å². The summed E-state index contributed by atoms with van der Waals surface area (Å²) < 4.78 is 0. The lowest BCUT2D eigenvalue weighted by molar-refractivity contribution is -0.385. The van der Waals surface area contributed by atoms with Gasteiger partial charge in [0.05, 0.1) is 4.92 Å². The van der Waals surface area contributed by atoms with Crippen LogP contribution in [0.2, 0.25) is 0 Å². The number of nitrogens with two attached hydrogens (primary N) is 1. The van der Waals surface area contributed by atoms with Gasteiger partial charge in [0, 0.05) is 30.1 Å². The topological polar surface area (TPSA) is 98.3 Å². The molecule has 0 aromatic heterocycles. The maximum absolute atomic E-state index is 11.9. The Labute approximate surface area is 111 Å². The summed E-state index contributed by atoms with van der Waals surface area (Å²) >= 11 is 0. The van der Waals surface area contributed by atoms with E-state index < -0.39 is 4.92 Å². The fourth-order valence-electron chi connectivity index (χ4n) is 2.42. The minimum absolute atomic E-state index is 0.0333. The molecule has 0 radical (unpaired) electrons. The maximum atomic E-state index is 11.9. The standard InChI is InChI=1S/C13H17N3O3/c14-11-6-5-9(7-11)13(17)15-8-10-3-1-2-4-12(10)16(18)19/h1-4,9,11H,5-8,14H2,(H,15,17). The first-order valence-corrected chi connectivity index (χ1v) is 6.33. The molecule has 1 saturated carbocycles. The number of para-hydroxylation sites is 1. The van der Waals surface area contributed by atoms with Crippen LogP contribution in [0, 0.1) is 16.0 Å². The Bertz CT molecular complexity index is 490. The van der Waals surface area contributed by atoms with Crippen molar-refractivity contribution >= 4 is 11.6 Å². The predicted molar refractivity (Wildman–Crippen MR) is 70.3 cm³/mol. The van der Waals surface area contributed by atoms with Gasteiger partial charge in [0.2, 0.25) is 5.91 Å². The summed E-state index contributed by atoms with van der Waals surface area (Å²) in [7, 11) is 0. The molecule has 19 heavy (non-hydrogen) atoms. The molecule has 2 unspecified atom stereocenters. The molecule has 2 rings (SSSR count). The lowest BCUT2D eigenvalue weighted by Gasteiger charge is -2.10. The second-order valence-electron chi connectivity index (χ2n) is 4.87. The Morgan fingerprint density at radius 2 is 2.16 bits per heavy atom. The molecule has 0 aliphatic heterocycles. The Morgan fingerprint density at radius 3 is 2.79 bits per heavy atom. The zero-order valence-electron chi connectivity index (χ0n) is 10.5. The van der Waals surface area contributed by atoms with Gasteiger partial charge in [0.1, 0.15) is 0 Å². The first-order chi connectivity index (χ1) is 9.08. The average Bonchev–Trinajstić information content (AvgIpc) is 2.83. The van der Waals surface area contributed by atoms with Gasteiger partial charge in [0.25, 0.3) is 5.69 Å². The molecule has 0 spiro atoms. The zero-order valence-corrected chi connectivity index (χ0v) is 10.5. The smallest absolute Gasteiger partial charge is 0.274 e. The van der Waals surface area contributed by atoms with Crippen molar-refractivity contribution in [2.45, 2.75) is 31.8 Å². The van der Waals surface area contributed by atoms with E-state index >= 15 is 0 Å². The van der Waals surface area contributed by atoms with Gasteiger partial charge in [-0.05, 0) is 19.3 Å². The molecule has 3 N–H and O–H groups in total. The molecule has 0 bridgehead atoms. The number of rotatable bonds is 4. The molecule has 1 fully saturated rings. The van der Waals surface area contributed by atoms with Gasteiger partial charge >= 0.3 is 0 Å². The fraction of sp³-hybridized carbons (Fsp3) is 0.462. The summed E-state index contributed by atoms with van der Waals surface area (Å²) in [5.74, 6) is -0.121. The number of amides is 1. The molecular formula is C13H17N3O3. The highest BCUT2D eigenvalue weighted by molar-refractivity contribution is 5.79. The normalized spacial score (nSPS) is 22.2. The number of hydrogen-bond donors (Lipinski definition) is 2. The summed E-state index contributed by atoms with van der Waals surface area (Å²) in [5, 5.41) is 13.6. The van der Waals surface area contributed by atoms with Crippen molar-refractivity contribution in [3.8, 4) is 0 Å². The summed E-state index contributed by atoms with van der Waals surface area (Å²) in [5.41, 5.74) is 6.31. The van der Waals surface area contributed by atoms with Gasteiger partial charge in [-0.15, -0.1) is 0 Å². The van der Waals surface area contributed by atoms with Crippen LogP contribution in [0.25, 0.3) is 0 Å². The molecular weight excluding hydrogens is 246 g/mol. The monoisotopic (exact) mass is 263 g/mol. The van der Waals surface area contributed by atoms with Crippen LogP contribution < -0.4 is 11.1 Å². The van der Waals surface area contributed by atoms with E-state index in [0.717, 1.165) is 12.8 Å². The van der Waals surface area contributed by atoms with Gasteiger partial charge in [-0.2, -0.15) is 0 Å². The van der Waals surface area contributed by atoms with E-state index in [1.165, 1.54) is 6.07 Å². The third-order valence-corrected chi connectivity index (χ3v) is 3.49. The Morgan fingerprint density at radius 1 is 1.42 bits per heavy atom. The SMILES string of the molecule is NC1CCC(C(=O)NCc2ccccc2[N+](=O)[O-])C1. The molecule has 0 heterocycles. The second kappa shape index (κ2) is 5.79.